The molecule has 0 amide bonds. The zero-order valence-electron chi connectivity index (χ0n) is 11.1. The number of halogens is 3. The predicted octanol–water partition coefficient (Wildman–Crippen LogP) is 5.24. The van der Waals surface area contributed by atoms with E-state index in [4.69, 9.17) is 11.6 Å². The second kappa shape index (κ2) is 6.93. The Balaban J connectivity index is 2.82. The molecule has 0 saturated heterocycles. The maximum absolute atomic E-state index is 13.6. The van der Waals surface area contributed by atoms with E-state index < -0.39 is 11.6 Å². The molecule has 18 heavy (non-hydrogen) atoms. The third-order valence-corrected chi connectivity index (χ3v) is 3.53. The summed E-state index contributed by atoms with van der Waals surface area (Å²) in [6, 6.07) is 2.13. The summed E-state index contributed by atoms with van der Waals surface area (Å²) in [5.74, 6) is -0.731. The van der Waals surface area contributed by atoms with Crippen molar-refractivity contribution in [3.05, 3.63) is 28.8 Å². The Bertz CT molecular complexity index is 372. The molecule has 1 aromatic rings. The summed E-state index contributed by atoms with van der Waals surface area (Å²) < 4.78 is 26.6. The molecule has 0 heterocycles. The second-order valence-electron chi connectivity index (χ2n) is 4.74. The Morgan fingerprint density at radius 3 is 2.39 bits per heavy atom. The van der Waals surface area contributed by atoms with Crippen LogP contribution in [0.1, 0.15) is 40.0 Å². The van der Waals surface area contributed by atoms with Gasteiger partial charge in [0.05, 0.1) is 10.7 Å². The van der Waals surface area contributed by atoms with E-state index in [2.05, 4.69) is 19.2 Å². The predicted molar refractivity (Wildman–Crippen MR) is 73.1 cm³/mol. The first-order chi connectivity index (χ1) is 8.47. The molecular weight excluding hydrogens is 256 g/mol. The minimum atomic E-state index is -0.655. The fraction of sp³-hybridized carbons (Fsp3) is 0.571. The molecule has 0 aliphatic rings. The van der Waals surface area contributed by atoms with Gasteiger partial charge in [0.1, 0.15) is 5.82 Å². The lowest BCUT2D eigenvalue weighted by Gasteiger charge is -2.22. The third-order valence-electron chi connectivity index (χ3n) is 3.23. The zero-order valence-corrected chi connectivity index (χ0v) is 11.8. The first-order valence-corrected chi connectivity index (χ1v) is 6.76. The van der Waals surface area contributed by atoms with Crippen LogP contribution in [0, 0.1) is 17.6 Å². The molecule has 4 heteroatoms. The zero-order chi connectivity index (χ0) is 13.7. The Kier molecular flexibility index (Phi) is 5.86. The quantitative estimate of drug-likeness (QED) is 0.748. The van der Waals surface area contributed by atoms with Gasteiger partial charge in [0.2, 0.25) is 0 Å². The Morgan fingerprint density at radius 2 is 1.89 bits per heavy atom. The van der Waals surface area contributed by atoms with Crippen LogP contribution in [0.25, 0.3) is 0 Å². The average molecular weight is 276 g/mol. The largest absolute Gasteiger partial charge is 0.379 e. The number of benzene rings is 1. The molecule has 1 N–H and O–H groups in total. The molecule has 2 unspecified atom stereocenters. The van der Waals surface area contributed by atoms with E-state index in [9.17, 15) is 8.78 Å². The normalized spacial score (nSPS) is 14.3. The van der Waals surface area contributed by atoms with Crippen LogP contribution in [0.2, 0.25) is 5.02 Å². The topological polar surface area (TPSA) is 12.0 Å². The van der Waals surface area contributed by atoms with E-state index in [0.29, 0.717) is 5.92 Å². The van der Waals surface area contributed by atoms with Crippen LogP contribution in [-0.4, -0.2) is 6.04 Å². The highest BCUT2D eigenvalue weighted by Gasteiger charge is 2.15. The number of hydrogen-bond donors (Lipinski definition) is 1. The van der Waals surface area contributed by atoms with Crippen molar-refractivity contribution >= 4 is 17.3 Å². The van der Waals surface area contributed by atoms with Gasteiger partial charge in [-0.05, 0) is 24.8 Å². The van der Waals surface area contributed by atoms with Crippen LogP contribution in [-0.2, 0) is 0 Å². The number of anilines is 1. The number of nitrogens with one attached hydrogen (secondary N) is 1. The molecule has 0 aromatic heterocycles. The molecule has 0 aliphatic heterocycles. The van der Waals surface area contributed by atoms with E-state index in [-0.39, 0.29) is 16.8 Å². The molecule has 0 bridgehead atoms. The second-order valence-corrected chi connectivity index (χ2v) is 5.15. The summed E-state index contributed by atoms with van der Waals surface area (Å²) in [4.78, 5) is 0. The van der Waals surface area contributed by atoms with Gasteiger partial charge in [-0.1, -0.05) is 38.8 Å². The summed E-state index contributed by atoms with van der Waals surface area (Å²) in [7, 11) is 0. The van der Waals surface area contributed by atoms with Crippen molar-refractivity contribution in [1.82, 2.24) is 0 Å². The van der Waals surface area contributed by atoms with Crippen LogP contribution in [0.15, 0.2) is 12.1 Å². The van der Waals surface area contributed by atoms with Crippen molar-refractivity contribution in [2.24, 2.45) is 5.92 Å². The molecule has 1 nitrogen and oxygen atoms in total. The van der Waals surface area contributed by atoms with Gasteiger partial charge < -0.3 is 5.32 Å². The van der Waals surface area contributed by atoms with E-state index in [0.717, 1.165) is 31.4 Å². The molecule has 102 valence electrons. The van der Waals surface area contributed by atoms with Crippen LogP contribution in [0.4, 0.5) is 14.5 Å². The average Bonchev–Trinajstić information content (AvgIpc) is 2.31. The lowest BCUT2D eigenvalue weighted by Crippen LogP contribution is -2.22. The van der Waals surface area contributed by atoms with E-state index in [1.54, 1.807) is 0 Å². The molecular formula is C14H20ClF2N. The molecule has 0 aliphatic carbocycles. The molecule has 0 spiro atoms. The fourth-order valence-corrected chi connectivity index (χ4v) is 2.11. The molecule has 0 fully saturated rings. The van der Waals surface area contributed by atoms with Gasteiger partial charge in [-0.2, -0.15) is 0 Å². The van der Waals surface area contributed by atoms with Crippen molar-refractivity contribution in [2.45, 2.75) is 46.1 Å². The summed E-state index contributed by atoms with van der Waals surface area (Å²) in [5.41, 5.74) is 0.202. The van der Waals surface area contributed by atoms with Crippen LogP contribution >= 0.6 is 11.6 Å². The SMILES string of the molecule is CCC(C)CC(CC)Nc1c(F)cc(F)cc1Cl. The van der Waals surface area contributed by atoms with E-state index in [1.807, 2.05) is 6.92 Å². The molecule has 1 rings (SSSR count). The maximum Gasteiger partial charge on any atom is 0.150 e. The van der Waals surface area contributed by atoms with Crippen molar-refractivity contribution in [2.75, 3.05) is 5.32 Å². The highest BCUT2D eigenvalue weighted by atomic mass is 35.5. The summed E-state index contributed by atoms with van der Waals surface area (Å²) in [5, 5.41) is 3.18. The molecule has 0 saturated carbocycles. The summed E-state index contributed by atoms with van der Waals surface area (Å²) >= 11 is 5.86. The molecule has 0 radical (unpaired) electrons. The van der Waals surface area contributed by atoms with Gasteiger partial charge >= 0.3 is 0 Å². The lowest BCUT2D eigenvalue weighted by molar-refractivity contribution is 0.460. The van der Waals surface area contributed by atoms with Crippen molar-refractivity contribution in [1.29, 1.82) is 0 Å². The monoisotopic (exact) mass is 275 g/mol. The van der Waals surface area contributed by atoms with Gasteiger partial charge in [0.15, 0.2) is 5.82 Å². The van der Waals surface area contributed by atoms with Crippen LogP contribution < -0.4 is 5.32 Å². The lowest BCUT2D eigenvalue weighted by atomic mass is 9.97. The summed E-state index contributed by atoms with van der Waals surface area (Å²) in [6.07, 6.45) is 2.90. The smallest absolute Gasteiger partial charge is 0.150 e. The first kappa shape index (κ1) is 15.2. The van der Waals surface area contributed by atoms with Crippen molar-refractivity contribution in [3.8, 4) is 0 Å². The van der Waals surface area contributed by atoms with Gasteiger partial charge in [0.25, 0.3) is 0 Å². The Labute approximate surface area is 113 Å². The van der Waals surface area contributed by atoms with Gasteiger partial charge in [-0.25, -0.2) is 8.78 Å². The van der Waals surface area contributed by atoms with Gasteiger partial charge in [-0.3, -0.25) is 0 Å². The minimum Gasteiger partial charge on any atom is -0.379 e. The van der Waals surface area contributed by atoms with Crippen molar-refractivity contribution in [3.63, 3.8) is 0 Å². The first-order valence-electron chi connectivity index (χ1n) is 6.38. The van der Waals surface area contributed by atoms with E-state index >= 15 is 0 Å². The number of hydrogen-bond acceptors (Lipinski definition) is 1. The molecule has 1 aromatic carbocycles. The summed E-state index contributed by atoms with van der Waals surface area (Å²) in [6.45, 7) is 6.32. The third kappa shape index (κ3) is 4.13. The highest BCUT2D eigenvalue weighted by Crippen LogP contribution is 2.28. The van der Waals surface area contributed by atoms with Crippen molar-refractivity contribution < 1.29 is 8.78 Å². The molecule has 2 atom stereocenters. The van der Waals surface area contributed by atoms with Crippen LogP contribution in [0.3, 0.4) is 0 Å². The number of rotatable bonds is 6. The van der Waals surface area contributed by atoms with Crippen LogP contribution in [0.5, 0.6) is 0 Å². The minimum absolute atomic E-state index is 0.0927. The highest BCUT2D eigenvalue weighted by molar-refractivity contribution is 6.33. The van der Waals surface area contributed by atoms with E-state index in [1.165, 1.54) is 0 Å². The van der Waals surface area contributed by atoms with Gasteiger partial charge in [0, 0.05) is 12.1 Å². The standard InChI is InChI=1S/C14H20ClF2N/c1-4-9(3)6-11(5-2)18-14-12(15)7-10(16)8-13(14)17/h7-9,11,18H,4-6H2,1-3H3. The Hall–Kier alpha value is -0.830. The fourth-order valence-electron chi connectivity index (χ4n) is 1.86. The Morgan fingerprint density at radius 1 is 1.22 bits per heavy atom. The van der Waals surface area contributed by atoms with Gasteiger partial charge in [-0.15, -0.1) is 0 Å². The maximum atomic E-state index is 13.6.